The van der Waals surface area contributed by atoms with Gasteiger partial charge in [-0.2, -0.15) is 0 Å². The van der Waals surface area contributed by atoms with E-state index in [2.05, 4.69) is 5.32 Å². The Kier molecular flexibility index (Phi) is 8.15. The maximum absolute atomic E-state index is 12.9. The highest BCUT2D eigenvalue weighted by Crippen LogP contribution is 2.35. The van der Waals surface area contributed by atoms with Gasteiger partial charge in [0, 0.05) is 0 Å². The van der Waals surface area contributed by atoms with Crippen molar-refractivity contribution in [2.24, 2.45) is 0 Å². The first-order valence-electron chi connectivity index (χ1n) is 11.4. The van der Waals surface area contributed by atoms with Crippen LogP contribution < -0.4 is 19.5 Å². The van der Waals surface area contributed by atoms with Crippen LogP contribution in [-0.4, -0.2) is 42.8 Å². The minimum absolute atomic E-state index is 0.224. The van der Waals surface area contributed by atoms with Crippen molar-refractivity contribution >= 4 is 40.6 Å². The molecule has 1 fully saturated rings. The summed E-state index contributed by atoms with van der Waals surface area (Å²) in [5.41, 5.74) is 3.13. The van der Waals surface area contributed by atoms with E-state index < -0.39 is 0 Å². The summed E-state index contributed by atoms with van der Waals surface area (Å²) >= 11 is 0.901. The van der Waals surface area contributed by atoms with Crippen LogP contribution >= 0.6 is 11.8 Å². The molecule has 1 aliphatic rings. The minimum atomic E-state index is -0.363. The Hall–Kier alpha value is -4.24. The number of thioether (sulfide) groups is 1. The quantitative estimate of drug-likeness (QED) is 0.386. The Morgan fingerprint density at radius 3 is 2.43 bits per heavy atom. The summed E-state index contributed by atoms with van der Waals surface area (Å²) in [6.07, 6.45) is 1.64. The second-order valence-corrected chi connectivity index (χ2v) is 9.13. The molecule has 1 saturated heterocycles. The van der Waals surface area contributed by atoms with Crippen molar-refractivity contribution < 1.29 is 28.6 Å². The van der Waals surface area contributed by atoms with Gasteiger partial charge >= 0.3 is 0 Å². The first-order chi connectivity index (χ1) is 17.9. The van der Waals surface area contributed by atoms with Crippen molar-refractivity contribution in [2.45, 2.75) is 13.5 Å². The van der Waals surface area contributed by atoms with Gasteiger partial charge < -0.3 is 19.5 Å². The minimum Gasteiger partial charge on any atom is -0.495 e. The fourth-order valence-electron chi connectivity index (χ4n) is 3.72. The predicted molar refractivity (Wildman–Crippen MR) is 143 cm³/mol. The van der Waals surface area contributed by atoms with Crippen LogP contribution in [0.5, 0.6) is 17.2 Å². The van der Waals surface area contributed by atoms with Crippen LogP contribution in [0.15, 0.2) is 71.6 Å². The fourth-order valence-corrected chi connectivity index (χ4v) is 4.55. The van der Waals surface area contributed by atoms with E-state index in [4.69, 9.17) is 14.2 Å². The van der Waals surface area contributed by atoms with E-state index in [0.717, 1.165) is 22.9 Å². The second-order valence-electron chi connectivity index (χ2n) is 8.14. The third kappa shape index (κ3) is 6.13. The largest absolute Gasteiger partial charge is 0.495 e. The molecule has 0 unspecified atom stereocenters. The zero-order chi connectivity index (χ0) is 26.4. The van der Waals surface area contributed by atoms with Crippen molar-refractivity contribution in [1.29, 1.82) is 0 Å². The molecule has 8 nitrogen and oxygen atoms in total. The third-order valence-electron chi connectivity index (χ3n) is 5.69. The Labute approximate surface area is 219 Å². The zero-order valence-electron chi connectivity index (χ0n) is 20.6. The van der Waals surface area contributed by atoms with Gasteiger partial charge in [-0.3, -0.25) is 19.3 Å². The fraction of sp³-hybridized carbons (Fsp3) is 0.179. The van der Waals surface area contributed by atoms with Gasteiger partial charge in [0.25, 0.3) is 17.1 Å². The average Bonchev–Trinajstić information content (AvgIpc) is 3.16. The van der Waals surface area contributed by atoms with E-state index in [0.29, 0.717) is 33.4 Å². The summed E-state index contributed by atoms with van der Waals surface area (Å²) in [4.78, 5) is 39.4. The number of amides is 3. The lowest BCUT2D eigenvalue weighted by Gasteiger charge is -2.14. The second kappa shape index (κ2) is 11.7. The van der Waals surface area contributed by atoms with Gasteiger partial charge in [0.05, 0.1) is 31.4 Å². The van der Waals surface area contributed by atoms with Gasteiger partial charge in [0.2, 0.25) is 0 Å². The number of imide groups is 1. The monoisotopic (exact) mass is 518 g/mol. The van der Waals surface area contributed by atoms with E-state index in [1.54, 1.807) is 42.5 Å². The van der Waals surface area contributed by atoms with Gasteiger partial charge in [0.15, 0.2) is 18.1 Å². The van der Waals surface area contributed by atoms with Gasteiger partial charge in [-0.05, 0) is 65.7 Å². The molecule has 3 aromatic rings. The number of anilines is 1. The topological polar surface area (TPSA) is 94.2 Å². The molecule has 0 aliphatic carbocycles. The van der Waals surface area contributed by atoms with Crippen LogP contribution in [0, 0.1) is 6.92 Å². The Balaban J connectivity index is 1.43. The molecule has 0 radical (unpaired) electrons. The molecule has 37 heavy (non-hydrogen) atoms. The maximum atomic E-state index is 12.9. The zero-order valence-corrected chi connectivity index (χ0v) is 21.5. The number of para-hydroxylation sites is 2. The van der Waals surface area contributed by atoms with Gasteiger partial charge in [-0.25, -0.2) is 0 Å². The number of aryl methyl sites for hydroxylation is 1. The summed E-state index contributed by atoms with van der Waals surface area (Å²) in [5.74, 6) is 0.588. The van der Waals surface area contributed by atoms with Crippen LogP contribution in [-0.2, 0) is 16.1 Å². The molecule has 4 rings (SSSR count). The lowest BCUT2D eigenvalue weighted by atomic mass is 10.1. The highest BCUT2D eigenvalue weighted by molar-refractivity contribution is 8.18. The SMILES string of the molecule is COc1ccccc1NC(=O)COc1ccc(/C=C2\SC(=O)N(Cc3ccccc3C)C2=O)cc1OC. The van der Waals surface area contributed by atoms with E-state index >= 15 is 0 Å². The number of carbonyl (C=O) groups excluding carboxylic acids is 3. The van der Waals surface area contributed by atoms with E-state index in [1.165, 1.54) is 19.1 Å². The Morgan fingerprint density at radius 1 is 0.946 bits per heavy atom. The van der Waals surface area contributed by atoms with Crippen LogP contribution in [0.3, 0.4) is 0 Å². The molecule has 1 aliphatic heterocycles. The smallest absolute Gasteiger partial charge is 0.293 e. The molecule has 1 heterocycles. The average molecular weight is 519 g/mol. The van der Waals surface area contributed by atoms with Gasteiger partial charge in [0.1, 0.15) is 5.75 Å². The highest BCUT2D eigenvalue weighted by atomic mass is 32.2. The molecule has 1 N–H and O–H groups in total. The first-order valence-corrected chi connectivity index (χ1v) is 12.2. The molecule has 0 saturated carbocycles. The molecule has 3 amide bonds. The number of nitrogens with zero attached hydrogens (tertiary/aromatic N) is 1. The van der Waals surface area contributed by atoms with Crippen LogP contribution in [0.2, 0.25) is 0 Å². The molecule has 190 valence electrons. The Morgan fingerprint density at radius 2 is 1.68 bits per heavy atom. The van der Waals surface area contributed by atoms with Crippen molar-refractivity contribution in [1.82, 2.24) is 4.90 Å². The van der Waals surface area contributed by atoms with Crippen molar-refractivity contribution in [3.8, 4) is 17.2 Å². The molecule has 0 bridgehead atoms. The number of rotatable bonds is 9. The summed E-state index contributed by atoms with van der Waals surface area (Å²) in [6, 6.07) is 19.8. The molecular formula is C28H26N2O6S. The molecule has 9 heteroatoms. The standard InChI is InChI=1S/C28H26N2O6S/c1-18-8-4-5-9-20(18)16-30-27(32)25(37-28(30)33)15-19-12-13-23(24(14-19)35-3)36-17-26(31)29-21-10-6-7-11-22(21)34-2/h4-15H,16-17H2,1-3H3,(H,29,31)/b25-15-. The summed E-state index contributed by atoms with van der Waals surface area (Å²) < 4.78 is 16.3. The first kappa shape index (κ1) is 25.8. The number of carbonyl (C=O) groups is 3. The third-order valence-corrected chi connectivity index (χ3v) is 6.60. The lowest BCUT2D eigenvalue weighted by Crippen LogP contribution is -2.27. The summed E-state index contributed by atoms with van der Waals surface area (Å²) in [5, 5.41) is 2.43. The molecule has 0 spiro atoms. The van der Waals surface area contributed by atoms with Crippen molar-refractivity contribution in [3.63, 3.8) is 0 Å². The Bertz CT molecular complexity index is 1370. The van der Waals surface area contributed by atoms with Gasteiger partial charge in [-0.1, -0.05) is 42.5 Å². The predicted octanol–water partition coefficient (Wildman–Crippen LogP) is 5.27. The molecule has 0 aromatic heterocycles. The maximum Gasteiger partial charge on any atom is 0.293 e. The normalized spacial score (nSPS) is 14.1. The lowest BCUT2D eigenvalue weighted by molar-refractivity contribution is -0.123. The number of ether oxygens (including phenoxy) is 3. The van der Waals surface area contributed by atoms with Crippen LogP contribution in [0.1, 0.15) is 16.7 Å². The number of methoxy groups -OCH3 is 2. The highest BCUT2D eigenvalue weighted by Gasteiger charge is 2.35. The summed E-state index contributed by atoms with van der Waals surface area (Å²) in [6.45, 7) is 1.93. The van der Waals surface area contributed by atoms with Crippen molar-refractivity contribution in [3.05, 3.63) is 88.3 Å². The van der Waals surface area contributed by atoms with Crippen molar-refractivity contribution in [2.75, 3.05) is 26.1 Å². The van der Waals surface area contributed by atoms with E-state index in [9.17, 15) is 14.4 Å². The van der Waals surface area contributed by atoms with E-state index in [1.807, 2.05) is 37.3 Å². The number of hydrogen-bond acceptors (Lipinski definition) is 7. The van der Waals surface area contributed by atoms with Crippen LogP contribution in [0.4, 0.5) is 10.5 Å². The van der Waals surface area contributed by atoms with Crippen LogP contribution in [0.25, 0.3) is 6.08 Å². The number of hydrogen-bond donors (Lipinski definition) is 1. The number of nitrogens with one attached hydrogen (secondary N) is 1. The summed E-state index contributed by atoms with van der Waals surface area (Å²) in [7, 11) is 3.01. The molecular weight excluding hydrogens is 492 g/mol. The molecule has 3 aromatic carbocycles. The van der Waals surface area contributed by atoms with E-state index in [-0.39, 0.29) is 30.2 Å². The number of benzene rings is 3. The van der Waals surface area contributed by atoms with Gasteiger partial charge in [-0.15, -0.1) is 0 Å². The molecule has 0 atom stereocenters.